The van der Waals surface area contributed by atoms with Crippen LogP contribution in [0.3, 0.4) is 0 Å². The van der Waals surface area contributed by atoms with Gasteiger partial charge in [-0.3, -0.25) is 0 Å². The smallest absolute Gasteiger partial charge is 0.0589 e. The molecule has 0 bridgehead atoms. The van der Waals surface area contributed by atoms with E-state index >= 15 is 0 Å². The fourth-order valence-electron chi connectivity index (χ4n) is 2.91. The van der Waals surface area contributed by atoms with Crippen LogP contribution in [0.15, 0.2) is 0 Å². The first-order valence-corrected chi connectivity index (χ1v) is 5.61. The summed E-state index contributed by atoms with van der Waals surface area (Å²) in [5.74, 6) is 2.04. The van der Waals surface area contributed by atoms with Gasteiger partial charge in [-0.25, -0.2) is 0 Å². The zero-order valence-electron chi connectivity index (χ0n) is 8.67. The fraction of sp³-hybridized carbons (Fsp3) is 1.00. The summed E-state index contributed by atoms with van der Waals surface area (Å²) in [6.45, 7) is 4.73. The molecule has 13 heavy (non-hydrogen) atoms. The van der Waals surface area contributed by atoms with Gasteiger partial charge in [-0.1, -0.05) is 12.8 Å². The summed E-state index contributed by atoms with van der Waals surface area (Å²) in [7, 11) is 1.79. The molecule has 2 fully saturated rings. The Kier molecular flexibility index (Phi) is 3.23. The summed E-state index contributed by atoms with van der Waals surface area (Å²) in [6, 6.07) is 0. The SMILES string of the molecule is COCCN1C[C@H]2CCCC[C@H]2C1. The number of methoxy groups -OCH3 is 1. The monoisotopic (exact) mass is 183 g/mol. The average Bonchev–Trinajstić information content (AvgIpc) is 2.57. The van der Waals surface area contributed by atoms with E-state index in [1.54, 1.807) is 7.11 Å². The lowest BCUT2D eigenvalue weighted by atomic mass is 9.82. The quantitative estimate of drug-likeness (QED) is 0.661. The van der Waals surface area contributed by atoms with Crippen LogP contribution in [-0.2, 0) is 4.74 Å². The number of fused-ring (bicyclic) bond motifs is 1. The number of hydrogen-bond acceptors (Lipinski definition) is 2. The highest BCUT2D eigenvalue weighted by molar-refractivity contribution is 4.86. The van der Waals surface area contributed by atoms with E-state index in [0.717, 1.165) is 25.0 Å². The van der Waals surface area contributed by atoms with Crippen LogP contribution in [0.1, 0.15) is 25.7 Å². The van der Waals surface area contributed by atoms with Crippen molar-refractivity contribution >= 4 is 0 Å². The Balaban J connectivity index is 1.77. The van der Waals surface area contributed by atoms with Crippen LogP contribution in [0, 0.1) is 11.8 Å². The normalized spacial score (nSPS) is 34.8. The highest BCUT2D eigenvalue weighted by atomic mass is 16.5. The average molecular weight is 183 g/mol. The van der Waals surface area contributed by atoms with Gasteiger partial charge in [0.15, 0.2) is 0 Å². The minimum Gasteiger partial charge on any atom is -0.383 e. The molecule has 2 heteroatoms. The Labute approximate surface area is 81.3 Å². The summed E-state index contributed by atoms with van der Waals surface area (Å²) in [5.41, 5.74) is 0. The third-order valence-electron chi connectivity index (χ3n) is 3.66. The highest BCUT2D eigenvalue weighted by Crippen LogP contribution is 2.35. The molecule has 0 aromatic rings. The Bertz CT molecular complexity index is 146. The van der Waals surface area contributed by atoms with Gasteiger partial charge in [0.05, 0.1) is 6.61 Å². The lowest BCUT2D eigenvalue weighted by molar-refractivity contribution is 0.158. The van der Waals surface area contributed by atoms with Crippen molar-refractivity contribution in [1.29, 1.82) is 0 Å². The van der Waals surface area contributed by atoms with Crippen LogP contribution in [-0.4, -0.2) is 38.3 Å². The second-order valence-electron chi connectivity index (χ2n) is 4.56. The summed E-state index contributed by atoms with van der Waals surface area (Å²) < 4.78 is 5.12. The maximum absolute atomic E-state index is 5.12. The van der Waals surface area contributed by atoms with E-state index in [-0.39, 0.29) is 0 Å². The van der Waals surface area contributed by atoms with Gasteiger partial charge in [0.2, 0.25) is 0 Å². The van der Waals surface area contributed by atoms with Crippen LogP contribution in [0.2, 0.25) is 0 Å². The van der Waals surface area contributed by atoms with Crippen molar-refractivity contribution in [2.75, 3.05) is 33.4 Å². The fourth-order valence-corrected chi connectivity index (χ4v) is 2.91. The highest BCUT2D eigenvalue weighted by Gasteiger charge is 2.33. The van der Waals surface area contributed by atoms with Gasteiger partial charge < -0.3 is 9.64 Å². The number of nitrogens with zero attached hydrogens (tertiary/aromatic N) is 1. The second kappa shape index (κ2) is 4.43. The molecule has 0 spiro atoms. The topological polar surface area (TPSA) is 12.5 Å². The molecule has 0 unspecified atom stereocenters. The van der Waals surface area contributed by atoms with Crippen molar-refractivity contribution in [1.82, 2.24) is 4.90 Å². The maximum Gasteiger partial charge on any atom is 0.0589 e. The second-order valence-corrected chi connectivity index (χ2v) is 4.56. The van der Waals surface area contributed by atoms with Crippen molar-refractivity contribution in [3.63, 3.8) is 0 Å². The Hall–Kier alpha value is -0.0800. The minimum absolute atomic E-state index is 0.902. The first-order chi connectivity index (χ1) is 6.40. The van der Waals surface area contributed by atoms with Gasteiger partial charge in [0.25, 0.3) is 0 Å². The molecule has 0 amide bonds. The van der Waals surface area contributed by atoms with E-state index < -0.39 is 0 Å². The van der Waals surface area contributed by atoms with E-state index in [4.69, 9.17) is 4.74 Å². The zero-order valence-corrected chi connectivity index (χ0v) is 8.67. The van der Waals surface area contributed by atoms with Crippen LogP contribution in [0.25, 0.3) is 0 Å². The summed E-state index contributed by atoms with van der Waals surface area (Å²) >= 11 is 0. The van der Waals surface area contributed by atoms with Crippen molar-refractivity contribution in [2.45, 2.75) is 25.7 Å². The lowest BCUT2D eigenvalue weighted by Gasteiger charge is -2.23. The van der Waals surface area contributed by atoms with E-state index in [2.05, 4.69) is 4.90 Å². The Morgan fingerprint density at radius 1 is 1.15 bits per heavy atom. The van der Waals surface area contributed by atoms with E-state index in [0.29, 0.717) is 0 Å². The summed E-state index contributed by atoms with van der Waals surface area (Å²) in [4.78, 5) is 2.59. The maximum atomic E-state index is 5.12. The molecule has 76 valence electrons. The largest absolute Gasteiger partial charge is 0.383 e. The van der Waals surface area contributed by atoms with Crippen LogP contribution < -0.4 is 0 Å². The van der Waals surface area contributed by atoms with Crippen LogP contribution in [0.5, 0.6) is 0 Å². The molecular weight excluding hydrogens is 162 g/mol. The minimum atomic E-state index is 0.902. The summed E-state index contributed by atoms with van der Waals surface area (Å²) in [5, 5.41) is 0. The molecule has 2 atom stereocenters. The predicted octanol–water partition coefficient (Wildman–Crippen LogP) is 1.75. The van der Waals surface area contributed by atoms with Gasteiger partial charge in [0.1, 0.15) is 0 Å². The van der Waals surface area contributed by atoms with Gasteiger partial charge in [-0.05, 0) is 24.7 Å². The van der Waals surface area contributed by atoms with Gasteiger partial charge in [-0.15, -0.1) is 0 Å². The Morgan fingerprint density at radius 2 is 1.77 bits per heavy atom. The van der Waals surface area contributed by atoms with Gasteiger partial charge in [-0.2, -0.15) is 0 Å². The number of ether oxygens (including phenoxy) is 1. The number of rotatable bonds is 3. The van der Waals surface area contributed by atoms with Crippen LogP contribution in [0.4, 0.5) is 0 Å². The van der Waals surface area contributed by atoms with Gasteiger partial charge >= 0.3 is 0 Å². The predicted molar refractivity (Wildman–Crippen MR) is 53.8 cm³/mol. The third kappa shape index (κ3) is 2.23. The molecule has 1 heterocycles. The van der Waals surface area contributed by atoms with Crippen molar-refractivity contribution in [3.05, 3.63) is 0 Å². The lowest BCUT2D eigenvalue weighted by Crippen LogP contribution is -2.25. The molecule has 1 saturated carbocycles. The van der Waals surface area contributed by atoms with Gasteiger partial charge in [0, 0.05) is 26.7 Å². The molecule has 0 aromatic carbocycles. The van der Waals surface area contributed by atoms with E-state index in [9.17, 15) is 0 Å². The first kappa shape index (κ1) is 9.47. The molecule has 2 aliphatic rings. The third-order valence-corrected chi connectivity index (χ3v) is 3.66. The molecular formula is C11H21NO. The van der Waals surface area contributed by atoms with E-state index in [1.807, 2.05) is 0 Å². The molecule has 0 aromatic heterocycles. The molecule has 2 nitrogen and oxygen atoms in total. The number of hydrogen-bond donors (Lipinski definition) is 0. The molecule has 0 radical (unpaired) electrons. The molecule has 1 aliphatic heterocycles. The zero-order chi connectivity index (χ0) is 9.10. The first-order valence-electron chi connectivity index (χ1n) is 5.61. The van der Waals surface area contributed by atoms with Crippen molar-refractivity contribution in [3.8, 4) is 0 Å². The van der Waals surface area contributed by atoms with Crippen LogP contribution >= 0.6 is 0 Å². The number of likely N-dealkylation sites (tertiary alicyclic amines) is 1. The molecule has 2 rings (SSSR count). The molecule has 1 saturated heterocycles. The molecule has 1 aliphatic carbocycles. The van der Waals surface area contributed by atoms with E-state index in [1.165, 1.54) is 38.8 Å². The van der Waals surface area contributed by atoms with Crippen molar-refractivity contribution < 1.29 is 4.74 Å². The van der Waals surface area contributed by atoms with Crippen molar-refractivity contribution in [2.24, 2.45) is 11.8 Å². The summed E-state index contributed by atoms with van der Waals surface area (Å²) in [6.07, 6.45) is 5.90. The standard InChI is InChI=1S/C11H21NO/c1-13-7-6-12-8-10-4-2-3-5-11(10)9-12/h10-11H,2-9H2,1H3/t10-,11+. The molecule has 0 N–H and O–H groups in total. The Morgan fingerprint density at radius 3 is 2.31 bits per heavy atom.